The van der Waals surface area contributed by atoms with Crippen LogP contribution < -0.4 is 20.0 Å². The molecule has 1 saturated heterocycles. The third-order valence-corrected chi connectivity index (χ3v) is 7.83. The smallest absolute Gasteiger partial charge is 0.360 e. The number of anilines is 3. The van der Waals surface area contributed by atoms with E-state index in [4.69, 9.17) is 16.7 Å². The van der Waals surface area contributed by atoms with Gasteiger partial charge in [-0.05, 0) is 54.7 Å². The standard InChI is InChI=1S/C25H23F6N4OPS/c26-24(27,28)18-15-19(25(29,30)31)17-20(16-18)33-23(38)32-11-14-36-37-34(21-7-3-1-4-8-21)12-13-35(37)22-9-5-2-6-10-22/h1-10,15-17H,11-14H2,(H2,32,33,38). The van der Waals surface area contributed by atoms with E-state index in [1.165, 1.54) is 0 Å². The van der Waals surface area contributed by atoms with Crippen molar-refractivity contribution in [1.29, 1.82) is 0 Å². The van der Waals surface area contributed by atoms with E-state index in [-0.39, 0.29) is 24.3 Å². The molecular weight excluding hydrogens is 549 g/mol. The summed E-state index contributed by atoms with van der Waals surface area (Å²) in [5, 5.41) is 5.08. The molecule has 0 aliphatic carbocycles. The van der Waals surface area contributed by atoms with E-state index in [0.29, 0.717) is 12.1 Å². The van der Waals surface area contributed by atoms with Gasteiger partial charge in [-0.1, -0.05) is 36.4 Å². The molecule has 1 heterocycles. The molecule has 0 bridgehead atoms. The van der Waals surface area contributed by atoms with Gasteiger partial charge in [0, 0.05) is 36.7 Å². The van der Waals surface area contributed by atoms with Crippen LogP contribution in [0.5, 0.6) is 0 Å². The molecule has 1 aliphatic heterocycles. The van der Waals surface area contributed by atoms with Gasteiger partial charge >= 0.3 is 12.4 Å². The summed E-state index contributed by atoms with van der Waals surface area (Å²) in [5.74, 6) is 0. The van der Waals surface area contributed by atoms with Gasteiger partial charge in [-0.25, -0.2) is 0 Å². The van der Waals surface area contributed by atoms with Crippen LogP contribution in [0.3, 0.4) is 0 Å². The molecule has 4 rings (SSSR count). The van der Waals surface area contributed by atoms with Gasteiger partial charge in [0.25, 0.3) is 0 Å². The predicted molar refractivity (Wildman–Crippen MR) is 141 cm³/mol. The zero-order valence-electron chi connectivity index (χ0n) is 19.8. The van der Waals surface area contributed by atoms with Gasteiger partial charge in [-0.3, -0.25) is 0 Å². The fraction of sp³-hybridized carbons (Fsp3) is 0.240. The molecule has 0 saturated carbocycles. The van der Waals surface area contributed by atoms with Crippen molar-refractivity contribution in [2.45, 2.75) is 12.4 Å². The molecule has 1 aliphatic rings. The predicted octanol–water partition coefficient (Wildman–Crippen LogP) is 7.28. The zero-order chi connectivity index (χ0) is 27.3. The highest BCUT2D eigenvalue weighted by molar-refractivity contribution is 7.80. The largest absolute Gasteiger partial charge is 0.416 e. The molecule has 0 radical (unpaired) electrons. The molecule has 0 amide bonds. The van der Waals surface area contributed by atoms with E-state index >= 15 is 0 Å². The van der Waals surface area contributed by atoms with E-state index in [1.54, 1.807) is 0 Å². The third kappa shape index (κ3) is 7.06. The summed E-state index contributed by atoms with van der Waals surface area (Å²) < 4.78 is 89.2. The summed E-state index contributed by atoms with van der Waals surface area (Å²) in [5.41, 5.74) is -1.25. The molecule has 0 aromatic heterocycles. The average Bonchev–Trinajstić information content (AvgIpc) is 3.30. The molecule has 0 atom stereocenters. The number of thiocarbonyl (C=S) groups is 1. The van der Waals surface area contributed by atoms with Crippen molar-refractivity contribution in [2.75, 3.05) is 40.9 Å². The summed E-state index contributed by atoms with van der Waals surface area (Å²) in [4.78, 5) is 0. The van der Waals surface area contributed by atoms with E-state index in [1.807, 2.05) is 60.7 Å². The van der Waals surface area contributed by atoms with Crippen molar-refractivity contribution in [3.05, 3.63) is 90.0 Å². The van der Waals surface area contributed by atoms with Gasteiger partial charge in [-0.2, -0.15) is 26.3 Å². The number of nitrogens with zero attached hydrogens (tertiary/aromatic N) is 2. The fourth-order valence-corrected chi connectivity index (χ4v) is 5.98. The number of hydrogen-bond acceptors (Lipinski definition) is 4. The number of nitrogens with one attached hydrogen (secondary N) is 2. The molecule has 2 N–H and O–H groups in total. The van der Waals surface area contributed by atoms with Gasteiger partial charge in [-0.15, -0.1) is 0 Å². The van der Waals surface area contributed by atoms with Crippen molar-refractivity contribution in [1.82, 2.24) is 5.32 Å². The van der Waals surface area contributed by atoms with Gasteiger partial charge in [0.05, 0.1) is 17.7 Å². The summed E-state index contributed by atoms with van der Waals surface area (Å²) in [6.45, 7) is 1.86. The molecule has 3 aromatic rings. The van der Waals surface area contributed by atoms with Crippen LogP contribution in [0.4, 0.5) is 43.4 Å². The highest BCUT2D eigenvalue weighted by Crippen LogP contribution is 2.53. The van der Waals surface area contributed by atoms with Crippen LogP contribution in [0, 0.1) is 0 Å². The monoisotopic (exact) mass is 572 g/mol. The Hall–Kier alpha value is -3.08. The molecule has 1 fully saturated rings. The van der Waals surface area contributed by atoms with Gasteiger partial charge in [0.1, 0.15) is 0 Å². The van der Waals surface area contributed by atoms with E-state index in [9.17, 15) is 26.3 Å². The number of hydrogen-bond donors (Lipinski definition) is 2. The minimum atomic E-state index is -4.95. The van der Waals surface area contributed by atoms with Crippen LogP contribution in [-0.2, 0) is 16.9 Å². The molecule has 38 heavy (non-hydrogen) atoms. The molecule has 202 valence electrons. The van der Waals surface area contributed by atoms with Crippen LogP contribution >= 0.6 is 20.7 Å². The zero-order valence-corrected chi connectivity index (χ0v) is 21.5. The molecule has 3 aromatic carbocycles. The maximum absolute atomic E-state index is 13.1. The lowest BCUT2D eigenvalue weighted by molar-refractivity contribution is -0.143. The number of alkyl halides is 6. The lowest BCUT2D eigenvalue weighted by Gasteiger charge is -2.30. The summed E-state index contributed by atoms with van der Waals surface area (Å²) in [6.07, 6.45) is -9.89. The minimum Gasteiger partial charge on any atom is -0.360 e. The van der Waals surface area contributed by atoms with E-state index < -0.39 is 37.6 Å². The second kappa shape index (κ2) is 11.8. The van der Waals surface area contributed by atoms with Crippen LogP contribution in [0.25, 0.3) is 0 Å². The van der Waals surface area contributed by atoms with E-state index in [0.717, 1.165) is 24.5 Å². The maximum atomic E-state index is 13.1. The maximum Gasteiger partial charge on any atom is 0.416 e. The fourth-order valence-electron chi connectivity index (χ4n) is 3.78. The Bertz CT molecular complexity index is 1150. The highest BCUT2D eigenvalue weighted by atomic mass is 32.1. The quantitative estimate of drug-likeness (QED) is 0.134. The Balaban J connectivity index is 1.39. The van der Waals surface area contributed by atoms with Crippen LogP contribution in [0.2, 0.25) is 0 Å². The first-order valence-corrected chi connectivity index (χ1v) is 13.0. The first-order chi connectivity index (χ1) is 18.0. The Morgan fingerprint density at radius 2 is 1.26 bits per heavy atom. The Morgan fingerprint density at radius 3 is 1.71 bits per heavy atom. The lowest BCUT2D eigenvalue weighted by Crippen LogP contribution is -2.32. The number of benzene rings is 3. The minimum absolute atomic E-state index is 0.0657. The van der Waals surface area contributed by atoms with Crippen molar-refractivity contribution in [3.8, 4) is 0 Å². The van der Waals surface area contributed by atoms with Crippen LogP contribution in [0.15, 0.2) is 78.9 Å². The normalized spacial score (nSPS) is 14.6. The van der Waals surface area contributed by atoms with Crippen molar-refractivity contribution >= 4 is 42.8 Å². The second-order valence-corrected chi connectivity index (χ2v) is 10.3. The molecule has 0 unspecified atom stereocenters. The summed E-state index contributed by atoms with van der Waals surface area (Å²) in [7, 11) is -1.23. The first-order valence-electron chi connectivity index (χ1n) is 11.4. The van der Waals surface area contributed by atoms with Crippen molar-refractivity contribution in [3.63, 3.8) is 0 Å². The molecule has 5 nitrogen and oxygen atoms in total. The number of halogens is 6. The van der Waals surface area contributed by atoms with Crippen molar-refractivity contribution < 1.29 is 30.9 Å². The summed E-state index contributed by atoms with van der Waals surface area (Å²) >= 11 is 5.10. The number of para-hydroxylation sites is 2. The third-order valence-electron chi connectivity index (χ3n) is 5.49. The van der Waals surface area contributed by atoms with Crippen LogP contribution in [-0.4, -0.2) is 31.4 Å². The molecule has 13 heteroatoms. The number of rotatable bonds is 7. The first kappa shape index (κ1) is 27.9. The van der Waals surface area contributed by atoms with Crippen molar-refractivity contribution in [2.24, 2.45) is 0 Å². The second-order valence-electron chi connectivity index (χ2n) is 8.18. The topological polar surface area (TPSA) is 39.8 Å². The van der Waals surface area contributed by atoms with Gasteiger partial charge in [0.2, 0.25) is 8.45 Å². The van der Waals surface area contributed by atoms with E-state index in [2.05, 4.69) is 20.0 Å². The van der Waals surface area contributed by atoms with Gasteiger partial charge in [0.15, 0.2) is 5.11 Å². The Labute approximate surface area is 222 Å². The average molecular weight is 573 g/mol. The highest BCUT2D eigenvalue weighted by Gasteiger charge is 2.37. The SMILES string of the molecule is FC(F)(F)c1cc(NC(=S)NCCOP2N(c3ccccc3)CCN2c2ccccc2)cc(C(F)(F)F)c1. The summed E-state index contributed by atoms with van der Waals surface area (Å²) in [6, 6.07) is 20.8. The lowest BCUT2D eigenvalue weighted by atomic mass is 10.1. The molecule has 0 spiro atoms. The molecular formula is C25H23F6N4OPS. The van der Waals surface area contributed by atoms with Gasteiger partial charge < -0.3 is 24.5 Å². The van der Waals surface area contributed by atoms with Crippen LogP contribution in [0.1, 0.15) is 11.1 Å². The Kier molecular flexibility index (Phi) is 8.64. The Morgan fingerprint density at radius 1 is 0.789 bits per heavy atom.